The van der Waals surface area contributed by atoms with Crippen molar-refractivity contribution in [1.29, 1.82) is 0 Å². The Morgan fingerprint density at radius 1 is 1.33 bits per heavy atom. The van der Waals surface area contributed by atoms with Gasteiger partial charge in [-0.3, -0.25) is 4.79 Å². The van der Waals surface area contributed by atoms with Gasteiger partial charge in [0.2, 0.25) is 0 Å². The molecular weight excluding hydrogens is 322 g/mol. The number of Topliss-reactive ketones (excluding diaryl/α,β-unsaturated/α-hetero) is 1. The highest BCUT2D eigenvalue weighted by Gasteiger charge is 2.31. The Bertz CT molecular complexity index is 783. The second-order valence-electron chi connectivity index (χ2n) is 6.62. The Morgan fingerprint density at radius 2 is 2.12 bits per heavy atom. The molecule has 0 saturated heterocycles. The molecule has 1 heterocycles. The van der Waals surface area contributed by atoms with Crippen LogP contribution in [0.3, 0.4) is 0 Å². The number of carbonyl (C=O) groups is 1. The Balaban J connectivity index is 1.53. The molecule has 6 heteroatoms. The van der Waals surface area contributed by atoms with Crippen LogP contribution >= 0.6 is 11.8 Å². The quantitative estimate of drug-likeness (QED) is 0.645. The lowest BCUT2D eigenvalue weighted by Gasteiger charge is -2.12. The number of aryl methyl sites for hydroxylation is 2. The van der Waals surface area contributed by atoms with Crippen LogP contribution in [0.4, 0.5) is 0 Å². The number of hydrogen-bond acceptors (Lipinski definition) is 5. The lowest BCUT2D eigenvalue weighted by molar-refractivity contribution is 0.0993. The summed E-state index contributed by atoms with van der Waals surface area (Å²) in [6.45, 7) is 1.81. The smallest absolute Gasteiger partial charge is 0.192 e. The van der Waals surface area contributed by atoms with Gasteiger partial charge in [-0.2, -0.15) is 0 Å². The molecular formula is C18H21N3O2S. The van der Waals surface area contributed by atoms with Gasteiger partial charge in [0, 0.05) is 11.6 Å². The van der Waals surface area contributed by atoms with E-state index in [4.69, 9.17) is 0 Å². The second-order valence-corrected chi connectivity index (χ2v) is 7.93. The molecule has 126 valence electrons. The molecule has 1 fully saturated rings. The maximum atomic E-state index is 12.8. The Labute approximate surface area is 145 Å². The summed E-state index contributed by atoms with van der Waals surface area (Å²) < 4.78 is 2.00. The number of ketones is 1. The van der Waals surface area contributed by atoms with Crippen LogP contribution in [0.25, 0.3) is 0 Å². The van der Waals surface area contributed by atoms with E-state index in [0.717, 1.165) is 36.4 Å². The molecule has 2 aliphatic carbocycles. The standard InChI is InChI=1S/C18H21N3O2S/c1-11(17(23)14-6-5-12-3-2-4-13(12)9-14)24-18-20-19-16(10-22)21(18)15-7-8-15/h5-6,9,11,15,22H,2-4,7-8,10H2,1H3. The topological polar surface area (TPSA) is 68.0 Å². The third-order valence-electron chi connectivity index (χ3n) is 4.82. The van der Waals surface area contributed by atoms with E-state index < -0.39 is 0 Å². The van der Waals surface area contributed by atoms with Crippen LogP contribution < -0.4 is 0 Å². The van der Waals surface area contributed by atoms with Gasteiger partial charge in [-0.15, -0.1) is 10.2 Å². The van der Waals surface area contributed by atoms with Crippen molar-refractivity contribution in [3.8, 4) is 0 Å². The zero-order chi connectivity index (χ0) is 16.7. The highest BCUT2D eigenvalue weighted by molar-refractivity contribution is 8.00. The molecule has 2 aliphatic rings. The van der Waals surface area contributed by atoms with Crippen LogP contribution in [0.1, 0.15) is 59.5 Å². The molecule has 4 rings (SSSR count). The number of nitrogens with zero attached hydrogens (tertiary/aromatic N) is 3. The van der Waals surface area contributed by atoms with Gasteiger partial charge in [0.05, 0.1) is 5.25 Å². The first kappa shape index (κ1) is 15.8. The molecule has 1 atom stereocenters. The molecule has 0 spiro atoms. The number of thioether (sulfide) groups is 1. The SMILES string of the molecule is CC(Sc1nnc(CO)n1C1CC1)C(=O)c1ccc2c(c1)CCC2. The zero-order valence-electron chi connectivity index (χ0n) is 13.7. The fourth-order valence-corrected chi connectivity index (χ4v) is 4.38. The number of aliphatic hydroxyl groups is 1. The minimum atomic E-state index is -0.224. The van der Waals surface area contributed by atoms with Gasteiger partial charge in [0.15, 0.2) is 16.8 Å². The van der Waals surface area contributed by atoms with Crippen LogP contribution in [-0.4, -0.2) is 30.9 Å². The average Bonchev–Trinajstić information content (AvgIpc) is 3.18. The number of rotatable bonds is 6. The molecule has 0 aliphatic heterocycles. The summed E-state index contributed by atoms with van der Waals surface area (Å²) in [5, 5.41) is 18.2. The number of carbonyl (C=O) groups excluding carboxylic acids is 1. The third kappa shape index (κ3) is 2.89. The normalized spacial score (nSPS) is 17.8. The monoisotopic (exact) mass is 343 g/mol. The molecule has 1 aromatic heterocycles. The number of fused-ring (bicyclic) bond motifs is 1. The third-order valence-corrected chi connectivity index (χ3v) is 5.88. The van der Waals surface area contributed by atoms with Gasteiger partial charge < -0.3 is 9.67 Å². The summed E-state index contributed by atoms with van der Waals surface area (Å²) in [5.41, 5.74) is 3.49. The second kappa shape index (κ2) is 6.33. The van der Waals surface area contributed by atoms with E-state index in [-0.39, 0.29) is 17.6 Å². The Hall–Kier alpha value is -1.66. The van der Waals surface area contributed by atoms with E-state index in [9.17, 15) is 9.90 Å². The van der Waals surface area contributed by atoms with Crippen molar-refractivity contribution in [2.24, 2.45) is 0 Å². The van der Waals surface area contributed by atoms with Crippen LogP contribution in [0.2, 0.25) is 0 Å². The number of aromatic nitrogens is 3. The van der Waals surface area contributed by atoms with Crippen molar-refractivity contribution in [3.63, 3.8) is 0 Å². The van der Waals surface area contributed by atoms with E-state index in [1.54, 1.807) is 0 Å². The van der Waals surface area contributed by atoms with Gasteiger partial charge in [-0.25, -0.2) is 0 Å². The van der Waals surface area contributed by atoms with Gasteiger partial charge in [-0.05, 0) is 56.2 Å². The minimum Gasteiger partial charge on any atom is -0.388 e. The maximum absolute atomic E-state index is 12.8. The predicted octanol–water partition coefficient (Wildman–Crippen LogP) is 2.96. The molecule has 5 nitrogen and oxygen atoms in total. The van der Waals surface area contributed by atoms with Crippen molar-refractivity contribution in [1.82, 2.24) is 14.8 Å². The summed E-state index contributed by atoms with van der Waals surface area (Å²) in [4.78, 5) is 12.8. The highest BCUT2D eigenvalue weighted by Crippen LogP contribution is 2.39. The first-order valence-electron chi connectivity index (χ1n) is 8.54. The molecule has 0 radical (unpaired) electrons. The summed E-state index contributed by atoms with van der Waals surface area (Å²) in [6, 6.07) is 6.50. The van der Waals surface area contributed by atoms with Gasteiger partial charge >= 0.3 is 0 Å². The maximum Gasteiger partial charge on any atom is 0.192 e. The molecule has 1 aromatic carbocycles. The summed E-state index contributed by atoms with van der Waals surface area (Å²) in [5.74, 6) is 0.725. The summed E-state index contributed by atoms with van der Waals surface area (Å²) >= 11 is 1.44. The average molecular weight is 343 g/mol. The molecule has 1 N–H and O–H groups in total. The van der Waals surface area contributed by atoms with Crippen molar-refractivity contribution in [3.05, 3.63) is 40.7 Å². The van der Waals surface area contributed by atoms with E-state index in [1.807, 2.05) is 17.6 Å². The van der Waals surface area contributed by atoms with Crippen LogP contribution in [-0.2, 0) is 19.4 Å². The highest BCUT2D eigenvalue weighted by atomic mass is 32.2. The van der Waals surface area contributed by atoms with Gasteiger partial charge in [0.25, 0.3) is 0 Å². The number of aliphatic hydroxyl groups excluding tert-OH is 1. The van der Waals surface area contributed by atoms with Crippen molar-refractivity contribution < 1.29 is 9.90 Å². The molecule has 1 saturated carbocycles. The fourth-order valence-electron chi connectivity index (χ4n) is 3.37. The first-order valence-corrected chi connectivity index (χ1v) is 9.42. The van der Waals surface area contributed by atoms with Gasteiger partial charge in [0.1, 0.15) is 6.61 Å². The molecule has 0 amide bonds. The lowest BCUT2D eigenvalue weighted by atomic mass is 10.0. The van der Waals surface area contributed by atoms with Crippen molar-refractivity contribution >= 4 is 17.5 Å². The van der Waals surface area contributed by atoms with E-state index in [1.165, 1.54) is 29.3 Å². The van der Waals surface area contributed by atoms with Crippen LogP contribution in [0.15, 0.2) is 23.4 Å². The molecule has 1 unspecified atom stereocenters. The first-order chi connectivity index (χ1) is 11.7. The zero-order valence-corrected chi connectivity index (χ0v) is 14.6. The van der Waals surface area contributed by atoms with Crippen LogP contribution in [0.5, 0.6) is 0 Å². The van der Waals surface area contributed by atoms with Crippen molar-refractivity contribution in [2.75, 3.05) is 0 Å². The Morgan fingerprint density at radius 3 is 2.88 bits per heavy atom. The molecule has 2 aromatic rings. The molecule has 0 bridgehead atoms. The molecule has 24 heavy (non-hydrogen) atoms. The largest absolute Gasteiger partial charge is 0.388 e. The van der Waals surface area contributed by atoms with E-state index in [2.05, 4.69) is 22.3 Å². The van der Waals surface area contributed by atoms with Crippen LogP contribution in [0, 0.1) is 0 Å². The Kier molecular flexibility index (Phi) is 4.18. The van der Waals surface area contributed by atoms with E-state index >= 15 is 0 Å². The summed E-state index contributed by atoms with van der Waals surface area (Å²) in [6.07, 6.45) is 5.57. The number of benzene rings is 1. The minimum absolute atomic E-state index is 0.114. The van der Waals surface area contributed by atoms with E-state index in [0.29, 0.717) is 11.9 Å². The van der Waals surface area contributed by atoms with Gasteiger partial charge in [-0.1, -0.05) is 23.9 Å². The summed E-state index contributed by atoms with van der Waals surface area (Å²) in [7, 11) is 0. The number of hydrogen-bond donors (Lipinski definition) is 1. The fraction of sp³-hybridized carbons (Fsp3) is 0.500. The predicted molar refractivity (Wildman–Crippen MR) is 92.3 cm³/mol. The lowest BCUT2D eigenvalue weighted by Crippen LogP contribution is -2.15. The van der Waals surface area contributed by atoms with Crippen molar-refractivity contribution in [2.45, 2.75) is 62.1 Å².